The number of hydrogen-bond acceptors (Lipinski definition) is 2. The van der Waals surface area contributed by atoms with Gasteiger partial charge in [-0.05, 0) is 17.7 Å². The van der Waals surface area contributed by atoms with Gasteiger partial charge in [-0.15, -0.1) is 12.4 Å². The Labute approximate surface area is 111 Å². The lowest BCUT2D eigenvalue weighted by atomic mass is 10.0. The highest BCUT2D eigenvalue weighted by Crippen LogP contribution is 2.22. The van der Waals surface area contributed by atoms with Gasteiger partial charge >= 0.3 is 0 Å². The number of aromatic nitrogens is 2. The van der Waals surface area contributed by atoms with Crippen LogP contribution in [0, 0.1) is 0 Å². The van der Waals surface area contributed by atoms with E-state index in [1.807, 2.05) is 35.0 Å². The first kappa shape index (κ1) is 13.7. The highest BCUT2D eigenvalue weighted by molar-refractivity contribution is 6.30. The van der Waals surface area contributed by atoms with Crippen molar-refractivity contribution in [2.75, 3.05) is 0 Å². The molecule has 1 heterocycles. The molecule has 90 valence electrons. The van der Waals surface area contributed by atoms with Gasteiger partial charge in [-0.3, -0.25) is 0 Å². The van der Waals surface area contributed by atoms with Crippen molar-refractivity contribution in [1.82, 2.24) is 9.55 Å². The highest BCUT2D eigenvalue weighted by Gasteiger charge is 2.12. The van der Waals surface area contributed by atoms with Crippen LogP contribution >= 0.6 is 24.0 Å². The quantitative estimate of drug-likeness (QED) is 0.801. The van der Waals surface area contributed by atoms with Crippen molar-refractivity contribution in [2.45, 2.75) is 12.5 Å². The third-order valence-electron chi connectivity index (χ3n) is 2.46. The highest BCUT2D eigenvalue weighted by atomic mass is 35.5. The second kappa shape index (κ2) is 6.42. The van der Waals surface area contributed by atoms with E-state index in [1.54, 1.807) is 12.5 Å². The molecule has 0 saturated carbocycles. The number of carbonyl (C=O) groups is 1. The first-order valence-electron chi connectivity index (χ1n) is 4.98. The summed E-state index contributed by atoms with van der Waals surface area (Å²) in [4.78, 5) is 14.7. The first-order valence-corrected chi connectivity index (χ1v) is 5.35. The normalized spacial score (nSPS) is 11.6. The number of halogens is 2. The van der Waals surface area contributed by atoms with Crippen LogP contribution in [-0.4, -0.2) is 15.8 Å². The van der Waals surface area contributed by atoms with Gasteiger partial charge in [0.05, 0.1) is 12.4 Å². The van der Waals surface area contributed by atoms with Gasteiger partial charge in [0.25, 0.3) is 0 Å². The summed E-state index contributed by atoms with van der Waals surface area (Å²) >= 11 is 5.83. The summed E-state index contributed by atoms with van der Waals surface area (Å²) in [5.41, 5.74) is 1.05. The van der Waals surface area contributed by atoms with E-state index in [9.17, 15) is 4.79 Å². The smallest absolute Gasteiger partial charge is 0.122 e. The Morgan fingerprint density at radius 1 is 1.35 bits per heavy atom. The Hall–Kier alpha value is -1.32. The lowest BCUT2D eigenvalue weighted by Crippen LogP contribution is -2.09. The number of nitrogens with zero attached hydrogens (tertiary/aromatic N) is 2. The number of hydrogen-bond donors (Lipinski definition) is 0. The third-order valence-corrected chi connectivity index (χ3v) is 2.71. The minimum absolute atomic E-state index is 0. The topological polar surface area (TPSA) is 34.9 Å². The van der Waals surface area contributed by atoms with Crippen LogP contribution in [0.4, 0.5) is 0 Å². The van der Waals surface area contributed by atoms with Crippen molar-refractivity contribution in [3.63, 3.8) is 0 Å². The van der Waals surface area contributed by atoms with E-state index < -0.39 is 0 Å². The van der Waals surface area contributed by atoms with E-state index in [1.165, 1.54) is 0 Å². The van der Waals surface area contributed by atoms with Gasteiger partial charge in [-0.1, -0.05) is 23.7 Å². The zero-order valence-corrected chi connectivity index (χ0v) is 10.6. The lowest BCUT2D eigenvalue weighted by molar-refractivity contribution is -0.108. The third kappa shape index (κ3) is 3.32. The number of aldehydes is 1. The molecule has 1 atom stereocenters. The molecule has 17 heavy (non-hydrogen) atoms. The Balaban J connectivity index is 0.00000144. The summed E-state index contributed by atoms with van der Waals surface area (Å²) < 4.78 is 1.91. The van der Waals surface area contributed by atoms with Crippen molar-refractivity contribution >= 4 is 30.3 Å². The van der Waals surface area contributed by atoms with Crippen LogP contribution in [0.5, 0.6) is 0 Å². The molecule has 1 aromatic carbocycles. The van der Waals surface area contributed by atoms with Crippen molar-refractivity contribution < 1.29 is 4.79 Å². The summed E-state index contributed by atoms with van der Waals surface area (Å²) in [7, 11) is 0. The van der Waals surface area contributed by atoms with Gasteiger partial charge in [0.15, 0.2) is 0 Å². The van der Waals surface area contributed by atoms with Crippen LogP contribution in [0.25, 0.3) is 0 Å². The predicted molar refractivity (Wildman–Crippen MR) is 69.7 cm³/mol. The van der Waals surface area contributed by atoms with E-state index in [0.717, 1.165) is 11.8 Å². The first-order chi connectivity index (χ1) is 7.81. The average Bonchev–Trinajstić information content (AvgIpc) is 2.81. The molecule has 2 rings (SSSR count). The maximum atomic E-state index is 10.7. The lowest BCUT2D eigenvalue weighted by Gasteiger charge is -2.16. The van der Waals surface area contributed by atoms with E-state index in [4.69, 9.17) is 11.6 Å². The predicted octanol–water partition coefficient (Wildman–Crippen LogP) is 3.14. The zero-order chi connectivity index (χ0) is 11.4. The van der Waals surface area contributed by atoms with Gasteiger partial charge in [-0.2, -0.15) is 0 Å². The van der Waals surface area contributed by atoms with Crippen LogP contribution in [0.1, 0.15) is 18.0 Å². The summed E-state index contributed by atoms with van der Waals surface area (Å²) in [6.07, 6.45) is 6.61. The molecular formula is C12H12Cl2N2O. The molecule has 1 aromatic heterocycles. The maximum Gasteiger partial charge on any atom is 0.122 e. The van der Waals surface area contributed by atoms with Crippen LogP contribution < -0.4 is 0 Å². The fourth-order valence-electron chi connectivity index (χ4n) is 1.66. The molecule has 0 fully saturated rings. The number of imidazole rings is 1. The maximum absolute atomic E-state index is 10.7. The Bertz CT molecular complexity index is 454. The SMILES string of the molecule is Cl.O=CCC(c1ccc(Cl)cc1)n1ccnc1. The van der Waals surface area contributed by atoms with E-state index >= 15 is 0 Å². The van der Waals surface area contributed by atoms with Crippen molar-refractivity contribution in [3.05, 3.63) is 53.6 Å². The van der Waals surface area contributed by atoms with Gasteiger partial charge < -0.3 is 9.36 Å². The summed E-state index contributed by atoms with van der Waals surface area (Å²) in [6.45, 7) is 0. The van der Waals surface area contributed by atoms with Crippen LogP contribution in [0.15, 0.2) is 43.0 Å². The summed E-state index contributed by atoms with van der Waals surface area (Å²) in [5.74, 6) is 0. The molecule has 0 radical (unpaired) electrons. The molecule has 3 nitrogen and oxygen atoms in total. The van der Waals surface area contributed by atoms with Crippen LogP contribution in [0.3, 0.4) is 0 Å². The molecule has 0 aliphatic carbocycles. The fraction of sp³-hybridized carbons (Fsp3) is 0.167. The number of carbonyl (C=O) groups excluding carboxylic acids is 1. The minimum Gasteiger partial charge on any atom is -0.330 e. The Morgan fingerprint density at radius 2 is 2.06 bits per heavy atom. The van der Waals surface area contributed by atoms with Gasteiger partial charge in [0, 0.05) is 23.8 Å². The molecule has 0 aliphatic rings. The fourth-order valence-corrected chi connectivity index (χ4v) is 1.79. The second-order valence-electron chi connectivity index (χ2n) is 3.48. The molecule has 1 unspecified atom stereocenters. The van der Waals surface area contributed by atoms with Crippen LogP contribution in [-0.2, 0) is 4.79 Å². The Kier molecular flexibility index (Phi) is 5.19. The van der Waals surface area contributed by atoms with Crippen molar-refractivity contribution in [2.24, 2.45) is 0 Å². The second-order valence-corrected chi connectivity index (χ2v) is 3.92. The summed E-state index contributed by atoms with van der Waals surface area (Å²) in [5, 5.41) is 0.694. The molecule has 0 aliphatic heterocycles. The minimum atomic E-state index is -0.00253. The van der Waals surface area contributed by atoms with Crippen molar-refractivity contribution in [1.29, 1.82) is 0 Å². The summed E-state index contributed by atoms with van der Waals surface area (Å²) in [6, 6.07) is 7.50. The zero-order valence-electron chi connectivity index (χ0n) is 8.99. The monoisotopic (exact) mass is 270 g/mol. The number of benzene rings is 1. The molecule has 0 spiro atoms. The van der Waals surface area contributed by atoms with Crippen molar-refractivity contribution in [3.8, 4) is 0 Å². The molecule has 5 heteroatoms. The Morgan fingerprint density at radius 3 is 2.59 bits per heavy atom. The van der Waals surface area contributed by atoms with Gasteiger partial charge in [0.1, 0.15) is 6.29 Å². The van der Waals surface area contributed by atoms with E-state index in [2.05, 4.69) is 4.98 Å². The van der Waals surface area contributed by atoms with E-state index in [0.29, 0.717) is 11.4 Å². The van der Waals surface area contributed by atoms with E-state index in [-0.39, 0.29) is 18.4 Å². The molecule has 2 aromatic rings. The largest absolute Gasteiger partial charge is 0.330 e. The molecule has 0 N–H and O–H groups in total. The number of rotatable bonds is 4. The standard InChI is InChI=1S/C12H11ClN2O.ClH/c13-11-3-1-10(2-4-11)12(5-8-16)15-7-6-14-9-15;/h1-4,6-9,12H,5H2;1H. The van der Waals surface area contributed by atoms with Gasteiger partial charge in [-0.25, -0.2) is 4.98 Å². The average molecular weight is 271 g/mol. The van der Waals surface area contributed by atoms with Crippen LogP contribution in [0.2, 0.25) is 5.02 Å². The molecule has 0 amide bonds. The molecule has 0 saturated heterocycles. The molecule has 0 bridgehead atoms. The molecular weight excluding hydrogens is 259 g/mol. The van der Waals surface area contributed by atoms with Gasteiger partial charge in [0.2, 0.25) is 0 Å².